The molecule has 0 aliphatic rings. The van der Waals surface area contributed by atoms with Crippen molar-refractivity contribution in [2.24, 2.45) is 0 Å². The lowest BCUT2D eigenvalue weighted by Gasteiger charge is -2.12. The van der Waals surface area contributed by atoms with Crippen molar-refractivity contribution in [1.29, 1.82) is 0 Å². The maximum atomic E-state index is 12.7. The average molecular weight is 328 g/mol. The maximum absolute atomic E-state index is 12.7. The molecule has 0 aliphatic carbocycles. The van der Waals surface area contributed by atoms with Gasteiger partial charge < -0.3 is 5.32 Å². The Morgan fingerprint density at radius 1 is 1.14 bits per heavy atom. The summed E-state index contributed by atoms with van der Waals surface area (Å²) in [5.41, 5.74) is 0.769. The molecule has 1 N–H and O–H groups in total. The Kier molecular flexibility index (Phi) is 4.76. The van der Waals surface area contributed by atoms with Crippen LogP contribution in [0.5, 0.6) is 0 Å². The SMILES string of the molecule is Cc1ccc(C(=O)CNc2cc(C(F)(F)F)ccc2Cl)cc1. The normalized spacial score (nSPS) is 11.3. The summed E-state index contributed by atoms with van der Waals surface area (Å²) < 4.78 is 38.0. The van der Waals surface area contributed by atoms with Gasteiger partial charge in [-0.05, 0) is 25.1 Å². The van der Waals surface area contributed by atoms with Crippen molar-refractivity contribution >= 4 is 23.1 Å². The quantitative estimate of drug-likeness (QED) is 0.804. The van der Waals surface area contributed by atoms with E-state index in [1.165, 1.54) is 0 Å². The second kappa shape index (κ2) is 6.40. The number of carbonyl (C=O) groups excluding carboxylic acids is 1. The summed E-state index contributed by atoms with van der Waals surface area (Å²) in [6.45, 7) is 1.76. The van der Waals surface area contributed by atoms with E-state index in [1.54, 1.807) is 24.3 Å². The molecule has 0 spiro atoms. The summed E-state index contributed by atoms with van der Waals surface area (Å²) in [4.78, 5) is 12.0. The first kappa shape index (κ1) is 16.4. The molecule has 0 atom stereocenters. The lowest BCUT2D eigenvalue weighted by atomic mass is 10.1. The van der Waals surface area contributed by atoms with Crippen molar-refractivity contribution < 1.29 is 18.0 Å². The number of ketones is 1. The van der Waals surface area contributed by atoms with E-state index in [0.717, 1.165) is 23.8 Å². The van der Waals surface area contributed by atoms with E-state index in [0.29, 0.717) is 5.56 Å². The fourth-order valence-corrected chi connectivity index (χ4v) is 2.04. The third-order valence-corrected chi connectivity index (χ3v) is 3.44. The largest absolute Gasteiger partial charge is 0.416 e. The second-order valence-electron chi connectivity index (χ2n) is 4.84. The zero-order valence-corrected chi connectivity index (χ0v) is 12.4. The minimum Gasteiger partial charge on any atom is -0.376 e. The zero-order chi connectivity index (χ0) is 16.3. The summed E-state index contributed by atoms with van der Waals surface area (Å²) in [6, 6.07) is 9.89. The van der Waals surface area contributed by atoms with E-state index in [4.69, 9.17) is 11.6 Å². The highest BCUT2D eigenvalue weighted by atomic mass is 35.5. The Bertz CT molecular complexity index is 681. The van der Waals surface area contributed by atoms with E-state index >= 15 is 0 Å². The average Bonchev–Trinajstić information content (AvgIpc) is 2.45. The van der Waals surface area contributed by atoms with Gasteiger partial charge in [-0.1, -0.05) is 41.4 Å². The monoisotopic (exact) mass is 327 g/mol. The maximum Gasteiger partial charge on any atom is 0.416 e. The van der Waals surface area contributed by atoms with Crippen molar-refractivity contribution in [2.45, 2.75) is 13.1 Å². The molecular formula is C16H13ClF3NO. The van der Waals surface area contributed by atoms with Crippen molar-refractivity contribution in [3.8, 4) is 0 Å². The summed E-state index contributed by atoms with van der Waals surface area (Å²) in [7, 11) is 0. The molecule has 2 aromatic carbocycles. The van der Waals surface area contributed by atoms with Crippen LogP contribution in [-0.4, -0.2) is 12.3 Å². The van der Waals surface area contributed by atoms with E-state index in [1.807, 2.05) is 6.92 Å². The first-order chi connectivity index (χ1) is 10.3. The van der Waals surface area contributed by atoms with Crippen LogP contribution >= 0.6 is 11.6 Å². The van der Waals surface area contributed by atoms with Crippen molar-refractivity contribution in [2.75, 3.05) is 11.9 Å². The van der Waals surface area contributed by atoms with Gasteiger partial charge in [0.2, 0.25) is 0 Å². The molecule has 116 valence electrons. The zero-order valence-electron chi connectivity index (χ0n) is 11.7. The lowest BCUT2D eigenvalue weighted by Crippen LogP contribution is -2.15. The molecule has 2 nitrogen and oxygen atoms in total. The van der Waals surface area contributed by atoms with Crippen molar-refractivity contribution in [1.82, 2.24) is 0 Å². The van der Waals surface area contributed by atoms with Crippen LogP contribution in [0.4, 0.5) is 18.9 Å². The van der Waals surface area contributed by atoms with Gasteiger partial charge in [0.25, 0.3) is 0 Å². The number of rotatable bonds is 4. The number of anilines is 1. The first-order valence-corrected chi connectivity index (χ1v) is 6.85. The summed E-state index contributed by atoms with van der Waals surface area (Å²) in [6.07, 6.45) is -4.46. The van der Waals surface area contributed by atoms with Crippen LogP contribution in [0.25, 0.3) is 0 Å². The molecule has 0 bridgehead atoms. The predicted molar refractivity (Wildman–Crippen MR) is 80.5 cm³/mol. The third kappa shape index (κ3) is 4.01. The summed E-state index contributed by atoms with van der Waals surface area (Å²) in [5, 5.41) is 2.79. The number of benzene rings is 2. The minimum absolute atomic E-state index is 0.0805. The molecule has 6 heteroatoms. The van der Waals surface area contributed by atoms with Gasteiger partial charge in [-0.15, -0.1) is 0 Å². The number of Topliss-reactive ketones (excluding diaryl/α,β-unsaturated/α-hetero) is 1. The molecule has 0 unspecified atom stereocenters. The number of alkyl halides is 3. The van der Waals surface area contributed by atoms with Gasteiger partial charge in [0.1, 0.15) is 0 Å². The molecule has 0 fully saturated rings. The topological polar surface area (TPSA) is 29.1 Å². The molecule has 0 heterocycles. The van der Waals surface area contributed by atoms with E-state index < -0.39 is 11.7 Å². The Labute approximate surface area is 130 Å². The molecular weight excluding hydrogens is 315 g/mol. The van der Waals surface area contributed by atoms with Crippen LogP contribution in [0.3, 0.4) is 0 Å². The minimum atomic E-state index is -4.46. The van der Waals surface area contributed by atoms with Gasteiger partial charge in [-0.25, -0.2) is 0 Å². The van der Waals surface area contributed by atoms with Crippen LogP contribution in [0.2, 0.25) is 5.02 Å². The Balaban J connectivity index is 2.11. The molecule has 0 saturated carbocycles. The van der Waals surface area contributed by atoms with Crippen molar-refractivity contribution in [3.05, 3.63) is 64.2 Å². The van der Waals surface area contributed by atoms with Gasteiger partial charge in [-0.2, -0.15) is 13.2 Å². The molecule has 0 amide bonds. The molecule has 0 aliphatic heterocycles. The van der Waals surface area contributed by atoms with Gasteiger partial charge >= 0.3 is 6.18 Å². The second-order valence-corrected chi connectivity index (χ2v) is 5.24. The van der Waals surface area contributed by atoms with Crippen LogP contribution < -0.4 is 5.32 Å². The van der Waals surface area contributed by atoms with Crippen LogP contribution in [0, 0.1) is 6.92 Å². The highest BCUT2D eigenvalue weighted by Gasteiger charge is 2.30. The standard InChI is InChI=1S/C16H13ClF3NO/c1-10-2-4-11(5-3-10)15(22)9-21-14-8-12(16(18,19)20)6-7-13(14)17/h2-8,21H,9H2,1H3. The van der Waals surface area contributed by atoms with Crippen LogP contribution in [0.1, 0.15) is 21.5 Å². The van der Waals surface area contributed by atoms with Gasteiger partial charge in [0, 0.05) is 5.56 Å². The van der Waals surface area contributed by atoms with Gasteiger partial charge in [0.05, 0.1) is 22.8 Å². The summed E-state index contributed by atoms with van der Waals surface area (Å²) >= 11 is 5.86. The number of halogens is 4. The molecule has 0 aromatic heterocycles. The number of hydrogen-bond donors (Lipinski definition) is 1. The smallest absolute Gasteiger partial charge is 0.376 e. The molecule has 22 heavy (non-hydrogen) atoms. The Morgan fingerprint density at radius 3 is 2.36 bits per heavy atom. The summed E-state index contributed by atoms with van der Waals surface area (Å²) in [5.74, 6) is -0.228. The van der Waals surface area contributed by atoms with E-state index in [2.05, 4.69) is 5.32 Å². The predicted octanol–water partition coefficient (Wildman–Crippen LogP) is 4.96. The molecule has 2 rings (SSSR count). The number of aryl methyl sites for hydroxylation is 1. The molecule has 0 saturated heterocycles. The third-order valence-electron chi connectivity index (χ3n) is 3.11. The Hall–Kier alpha value is -2.01. The molecule has 2 aromatic rings. The fraction of sp³-hybridized carbons (Fsp3) is 0.188. The van der Waals surface area contributed by atoms with E-state index in [-0.39, 0.29) is 23.0 Å². The van der Waals surface area contributed by atoms with Crippen LogP contribution in [0.15, 0.2) is 42.5 Å². The van der Waals surface area contributed by atoms with Gasteiger partial charge in [-0.3, -0.25) is 4.79 Å². The highest BCUT2D eigenvalue weighted by Crippen LogP contribution is 2.33. The highest BCUT2D eigenvalue weighted by molar-refractivity contribution is 6.33. The Morgan fingerprint density at radius 2 is 1.77 bits per heavy atom. The number of nitrogens with one attached hydrogen (secondary N) is 1. The number of hydrogen-bond acceptors (Lipinski definition) is 2. The van der Waals surface area contributed by atoms with Crippen molar-refractivity contribution in [3.63, 3.8) is 0 Å². The molecule has 0 radical (unpaired) electrons. The fourth-order valence-electron chi connectivity index (χ4n) is 1.85. The number of carbonyl (C=O) groups is 1. The van der Waals surface area contributed by atoms with Crippen LogP contribution in [-0.2, 0) is 6.18 Å². The first-order valence-electron chi connectivity index (χ1n) is 6.48. The van der Waals surface area contributed by atoms with Gasteiger partial charge in [0.15, 0.2) is 5.78 Å². The van der Waals surface area contributed by atoms with E-state index in [9.17, 15) is 18.0 Å². The lowest BCUT2D eigenvalue weighted by molar-refractivity contribution is -0.137.